The molecule has 0 aliphatic rings. The van der Waals surface area contributed by atoms with Gasteiger partial charge in [-0.2, -0.15) is 13.2 Å². The maximum absolute atomic E-state index is 13.1. The van der Waals surface area contributed by atoms with Gasteiger partial charge in [0.05, 0.1) is 21.7 Å². The Morgan fingerprint density at radius 1 is 1.14 bits per heavy atom. The van der Waals surface area contributed by atoms with Crippen molar-refractivity contribution >= 4 is 23.3 Å². The summed E-state index contributed by atoms with van der Waals surface area (Å²) >= 11 is 0. The highest BCUT2D eigenvalue weighted by Crippen LogP contribution is 2.37. The Balaban J connectivity index is 2.16. The van der Waals surface area contributed by atoms with E-state index in [4.69, 9.17) is 4.74 Å². The van der Waals surface area contributed by atoms with E-state index in [2.05, 4.69) is 0 Å². The zero-order valence-electron chi connectivity index (χ0n) is 14.1. The zero-order chi connectivity index (χ0) is 21.1. The predicted octanol–water partition coefficient (Wildman–Crippen LogP) is 3.94. The summed E-state index contributed by atoms with van der Waals surface area (Å²) in [6, 6.07) is 6.01. The molecular weight excluding hydrogens is 388 g/mol. The fourth-order valence-electron chi connectivity index (χ4n) is 2.09. The van der Waals surface area contributed by atoms with Crippen molar-refractivity contribution in [3.63, 3.8) is 0 Å². The number of ether oxygens (including phenoxy) is 1. The molecule has 0 aliphatic carbocycles. The molecule has 1 unspecified atom stereocenters. The topological polar surface area (TPSA) is 98.5 Å². The molecular formula is C17H12F4N2O5. The van der Waals surface area contributed by atoms with Crippen LogP contribution in [0, 0.1) is 15.9 Å². The number of hydrogen-bond donors (Lipinski definition) is 1. The van der Waals surface area contributed by atoms with E-state index >= 15 is 0 Å². The van der Waals surface area contributed by atoms with Gasteiger partial charge < -0.3 is 10.1 Å². The number of benzene rings is 2. The molecule has 0 bridgehead atoms. The van der Waals surface area contributed by atoms with E-state index in [1.54, 1.807) is 0 Å². The van der Waals surface area contributed by atoms with Crippen LogP contribution in [0.2, 0.25) is 0 Å². The summed E-state index contributed by atoms with van der Waals surface area (Å²) in [5.74, 6) is -2.67. The number of nitro benzene ring substituents is 1. The summed E-state index contributed by atoms with van der Waals surface area (Å²) in [5.41, 5.74) is -3.02. The van der Waals surface area contributed by atoms with Gasteiger partial charge in [0.25, 0.3) is 11.6 Å². The number of alkyl halides is 3. The maximum Gasteiger partial charge on any atom is 0.418 e. The molecule has 2 aromatic carbocycles. The number of carbonyl (C=O) groups excluding carboxylic acids is 2. The number of amides is 1. The van der Waals surface area contributed by atoms with E-state index in [0.29, 0.717) is 0 Å². The number of nitrogens with one attached hydrogen (secondary N) is 1. The second-order valence-electron chi connectivity index (χ2n) is 5.53. The van der Waals surface area contributed by atoms with E-state index < -0.39 is 51.8 Å². The van der Waals surface area contributed by atoms with Gasteiger partial charge in [-0.05, 0) is 37.3 Å². The number of rotatable bonds is 5. The number of nitrogens with zero attached hydrogens (tertiary/aromatic N) is 1. The van der Waals surface area contributed by atoms with Gasteiger partial charge in [0, 0.05) is 12.1 Å². The Morgan fingerprint density at radius 2 is 1.75 bits per heavy atom. The summed E-state index contributed by atoms with van der Waals surface area (Å²) in [4.78, 5) is 33.6. The van der Waals surface area contributed by atoms with Crippen LogP contribution in [0.25, 0.3) is 0 Å². The lowest BCUT2D eigenvalue weighted by atomic mass is 10.1. The Kier molecular flexibility index (Phi) is 5.96. The second kappa shape index (κ2) is 8.03. The largest absolute Gasteiger partial charge is 0.449 e. The SMILES string of the molecule is CC(OC(=O)c1ccc(F)cc1)C(=O)Nc1ccc([N+](=O)[O-])cc1C(F)(F)F. The Labute approximate surface area is 155 Å². The predicted molar refractivity (Wildman–Crippen MR) is 88.0 cm³/mol. The van der Waals surface area contributed by atoms with E-state index in [1.807, 2.05) is 5.32 Å². The van der Waals surface area contributed by atoms with E-state index in [1.165, 1.54) is 0 Å². The van der Waals surface area contributed by atoms with Crippen molar-refractivity contribution < 1.29 is 36.8 Å². The fraction of sp³-hybridized carbons (Fsp3) is 0.176. The molecule has 0 aromatic heterocycles. The van der Waals surface area contributed by atoms with Crippen molar-refractivity contribution in [2.75, 3.05) is 5.32 Å². The molecule has 11 heteroatoms. The normalized spacial score (nSPS) is 12.2. The summed E-state index contributed by atoms with van der Waals surface area (Å²) in [7, 11) is 0. The average Bonchev–Trinajstić information content (AvgIpc) is 2.61. The Morgan fingerprint density at radius 3 is 2.29 bits per heavy atom. The number of esters is 1. The molecule has 1 atom stereocenters. The monoisotopic (exact) mass is 400 g/mol. The highest BCUT2D eigenvalue weighted by atomic mass is 19.4. The van der Waals surface area contributed by atoms with Crippen molar-refractivity contribution in [1.29, 1.82) is 0 Å². The van der Waals surface area contributed by atoms with E-state index in [9.17, 15) is 37.3 Å². The fourth-order valence-corrected chi connectivity index (χ4v) is 2.09. The van der Waals surface area contributed by atoms with E-state index in [0.717, 1.165) is 43.3 Å². The third-order valence-electron chi connectivity index (χ3n) is 3.51. The lowest BCUT2D eigenvalue weighted by Crippen LogP contribution is -2.30. The smallest absolute Gasteiger partial charge is 0.418 e. The number of halogens is 4. The molecule has 0 saturated carbocycles. The molecule has 0 spiro atoms. The first-order valence-corrected chi connectivity index (χ1v) is 7.62. The van der Waals surface area contributed by atoms with Crippen LogP contribution in [0.5, 0.6) is 0 Å². The van der Waals surface area contributed by atoms with Gasteiger partial charge in [-0.25, -0.2) is 9.18 Å². The summed E-state index contributed by atoms with van der Waals surface area (Å²) in [6.45, 7) is 1.12. The second-order valence-corrected chi connectivity index (χ2v) is 5.53. The van der Waals surface area contributed by atoms with Gasteiger partial charge in [-0.15, -0.1) is 0 Å². The molecule has 28 heavy (non-hydrogen) atoms. The molecule has 2 rings (SSSR count). The Bertz CT molecular complexity index is 913. The van der Waals surface area contributed by atoms with Crippen LogP contribution in [0.1, 0.15) is 22.8 Å². The third-order valence-corrected chi connectivity index (χ3v) is 3.51. The van der Waals surface area contributed by atoms with Gasteiger partial charge in [0.15, 0.2) is 6.10 Å². The minimum absolute atomic E-state index is 0.0626. The number of nitro groups is 1. The quantitative estimate of drug-likeness (QED) is 0.355. The summed E-state index contributed by atoms with van der Waals surface area (Å²) < 4.78 is 57.0. The first-order valence-electron chi connectivity index (χ1n) is 7.62. The van der Waals surface area contributed by atoms with Crippen LogP contribution >= 0.6 is 0 Å². The number of hydrogen-bond acceptors (Lipinski definition) is 5. The number of carbonyl (C=O) groups is 2. The van der Waals surface area contributed by atoms with Crippen molar-refractivity contribution in [2.45, 2.75) is 19.2 Å². The first kappa shape index (κ1) is 20.8. The van der Waals surface area contributed by atoms with Gasteiger partial charge in [0.2, 0.25) is 0 Å². The summed E-state index contributed by atoms with van der Waals surface area (Å²) in [6.07, 6.45) is -6.46. The van der Waals surface area contributed by atoms with Crippen molar-refractivity contribution in [3.05, 3.63) is 69.5 Å². The summed E-state index contributed by atoms with van der Waals surface area (Å²) in [5, 5.41) is 12.6. The highest BCUT2D eigenvalue weighted by molar-refractivity contribution is 5.97. The minimum Gasteiger partial charge on any atom is -0.449 e. The average molecular weight is 400 g/mol. The van der Waals surface area contributed by atoms with Crippen LogP contribution in [0.4, 0.5) is 28.9 Å². The molecule has 0 fully saturated rings. The van der Waals surface area contributed by atoms with Gasteiger partial charge in [-0.3, -0.25) is 14.9 Å². The van der Waals surface area contributed by atoms with Crippen LogP contribution in [0.15, 0.2) is 42.5 Å². The molecule has 2 aromatic rings. The van der Waals surface area contributed by atoms with Crippen LogP contribution in [-0.4, -0.2) is 22.9 Å². The van der Waals surface area contributed by atoms with Gasteiger partial charge >= 0.3 is 12.1 Å². The van der Waals surface area contributed by atoms with E-state index in [-0.39, 0.29) is 11.6 Å². The standard InChI is InChI=1S/C17H12F4N2O5/c1-9(28-16(25)10-2-4-11(18)5-3-10)15(24)22-14-7-6-12(23(26)27)8-13(14)17(19,20)21/h2-9H,1H3,(H,22,24). The maximum atomic E-state index is 13.1. The van der Waals surface area contributed by atoms with Crippen molar-refractivity contribution in [2.24, 2.45) is 0 Å². The molecule has 148 valence electrons. The van der Waals surface area contributed by atoms with Crippen LogP contribution in [-0.2, 0) is 15.7 Å². The number of non-ortho nitro benzene ring substituents is 1. The van der Waals surface area contributed by atoms with Gasteiger partial charge in [0.1, 0.15) is 5.82 Å². The van der Waals surface area contributed by atoms with Crippen LogP contribution < -0.4 is 5.32 Å². The molecule has 0 radical (unpaired) electrons. The third kappa shape index (κ3) is 5.02. The molecule has 0 aliphatic heterocycles. The molecule has 0 heterocycles. The van der Waals surface area contributed by atoms with Crippen LogP contribution in [0.3, 0.4) is 0 Å². The number of anilines is 1. The van der Waals surface area contributed by atoms with Crippen molar-refractivity contribution in [3.8, 4) is 0 Å². The minimum atomic E-state index is -4.97. The zero-order valence-corrected chi connectivity index (χ0v) is 14.1. The molecule has 1 N–H and O–H groups in total. The Hall–Kier alpha value is -3.50. The molecule has 1 amide bonds. The molecule has 7 nitrogen and oxygen atoms in total. The lowest BCUT2D eigenvalue weighted by Gasteiger charge is -2.17. The van der Waals surface area contributed by atoms with Gasteiger partial charge in [-0.1, -0.05) is 0 Å². The highest BCUT2D eigenvalue weighted by Gasteiger charge is 2.36. The van der Waals surface area contributed by atoms with Crippen molar-refractivity contribution in [1.82, 2.24) is 0 Å². The first-order chi connectivity index (χ1) is 13.0. The lowest BCUT2D eigenvalue weighted by molar-refractivity contribution is -0.385. The molecule has 0 saturated heterocycles.